The van der Waals surface area contributed by atoms with Crippen LogP contribution in [0.25, 0.3) is 21.9 Å². The lowest BCUT2D eigenvalue weighted by Crippen LogP contribution is -2.07. The van der Waals surface area contributed by atoms with Crippen molar-refractivity contribution in [2.75, 3.05) is 14.2 Å². The van der Waals surface area contributed by atoms with Gasteiger partial charge in [-0.3, -0.25) is 4.79 Å². The zero-order valence-electron chi connectivity index (χ0n) is 20.5. The van der Waals surface area contributed by atoms with E-state index in [4.69, 9.17) is 13.9 Å². The molecule has 0 fully saturated rings. The molecule has 0 unspecified atom stereocenters. The zero-order chi connectivity index (χ0) is 25.2. The molecule has 0 spiro atoms. The average molecular weight is 469 g/mol. The Morgan fingerprint density at radius 2 is 1.44 bits per heavy atom. The van der Waals surface area contributed by atoms with Gasteiger partial charge in [0, 0.05) is 11.1 Å². The van der Waals surface area contributed by atoms with Gasteiger partial charge in [-0.05, 0) is 59.4 Å². The van der Waals surface area contributed by atoms with E-state index < -0.39 is 11.2 Å². The first-order valence-electron chi connectivity index (χ1n) is 11.2. The van der Waals surface area contributed by atoms with Crippen molar-refractivity contribution >= 4 is 21.9 Å². The van der Waals surface area contributed by atoms with Crippen LogP contribution in [0.1, 0.15) is 51.7 Å². The fraction of sp³-hybridized carbons (Fsp3) is 0.370. The van der Waals surface area contributed by atoms with E-state index in [1.807, 2.05) is 39.8 Å². The van der Waals surface area contributed by atoms with Crippen LogP contribution in [0.5, 0.6) is 28.7 Å². The standard InChI is InChI=1S/C27H32O7/c1-14(2)9-7-11-16-21(28)17(12-8-10-15(3)4)25-20(22(16)29)23(30)18-13-19(32-5)27(33-6)24(31)26(18)34-25/h9-10,13,28-29,31H,7-8,11-12H2,1-6H3. The van der Waals surface area contributed by atoms with E-state index in [2.05, 4.69) is 0 Å². The second-order valence-electron chi connectivity index (χ2n) is 8.77. The summed E-state index contributed by atoms with van der Waals surface area (Å²) in [6, 6.07) is 1.41. The van der Waals surface area contributed by atoms with Crippen LogP contribution in [0.2, 0.25) is 0 Å². The molecule has 0 saturated carbocycles. The Hall–Kier alpha value is -3.61. The third-order valence-electron chi connectivity index (χ3n) is 5.76. The van der Waals surface area contributed by atoms with Crippen LogP contribution in [-0.4, -0.2) is 29.5 Å². The molecule has 0 radical (unpaired) electrons. The summed E-state index contributed by atoms with van der Waals surface area (Å²) in [5.41, 5.74) is 2.35. The normalized spacial score (nSPS) is 11.0. The maximum atomic E-state index is 13.6. The molecule has 0 bridgehead atoms. The summed E-state index contributed by atoms with van der Waals surface area (Å²) >= 11 is 0. The summed E-state index contributed by atoms with van der Waals surface area (Å²) in [5.74, 6) is -0.625. The van der Waals surface area contributed by atoms with Crippen molar-refractivity contribution in [1.29, 1.82) is 0 Å². The highest BCUT2D eigenvalue weighted by molar-refractivity contribution is 5.99. The van der Waals surface area contributed by atoms with Gasteiger partial charge in [0.05, 0.1) is 19.6 Å². The number of allylic oxidation sites excluding steroid dienone is 4. The van der Waals surface area contributed by atoms with E-state index >= 15 is 0 Å². The molecule has 34 heavy (non-hydrogen) atoms. The maximum absolute atomic E-state index is 13.6. The fourth-order valence-electron chi connectivity index (χ4n) is 4.08. The predicted molar refractivity (Wildman–Crippen MR) is 134 cm³/mol. The number of aryl methyl sites for hydroxylation is 1. The minimum atomic E-state index is -0.531. The highest BCUT2D eigenvalue weighted by Crippen LogP contribution is 2.46. The number of methoxy groups -OCH3 is 2. The molecule has 3 aromatic rings. The Morgan fingerprint density at radius 3 is 1.97 bits per heavy atom. The summed E-state index contributed by atoms with van der Waals surface area (Å²) in [5, 5.41) is 33.0. The van der Waals surface area contributed by atoms with Crippen molar-refractivity contribution in [2.45, 2.75) is 53.4 Å². The van der Waals surface area contributed by atoms with Crippen molar-refractivity contribution < 1.29 is 29.2 Å². The molecule has 1 heterocycles. The topological polar surface area (TPSA) is 109 Å². The van der Waals surface area contributed by atoms with Gasteiger partial charge in [-0.15, -0.1) is 0 Å². The number of phenolic OH excluding ortho intramolecular Hbond substituents is 3. The van der Waals surface area contributed by atoms with Gasteiger partial charge in [0.1, 0.15) is 22.5 Å². The van der Waals surface area contributed by atoms with Crippen LogP contribution in [0.4, 0.5) is 0 Å². The molecule has 182 valence electrons. The summed E-state index contributed by atoms with van der Waals surface area (Å²) in [6.45, 7) is 7.90. The zero-order valence-corrected chi connectivity index (χ0v) is 20.5. The molecule has 0 aliphatic carbocycles. The van der Waals surface area contributed by atoms with E-state index in [-0.39, 0.29) is 44.9 Å². The molecule has 0 atom stereocenters. The highest BCUT2D eigenvalue weighted by Gasteiger charge is 2.26. The Morgan fingerprint density at radius 1 is 0.853 bits per heavy atom. The van der Waals surface area contributed by atoms with Gasteiger partial charge in [-0.2, -0.15) is 0 Å². The van der Waals surface area contributed by atoms with Gasteiger partial charge >= 0.3 is 0 Å². The number of aromatic hydroxyl groups is 3. The van der Waals surface area contributed by atoms with Crippen LogP contribution in [0.3, 0.4) is 0 Å². The first-order chi connectivity index (χ1) is 16.1. The fourth-order valence-corrected chi connectivity index (χ4v) is 4.08. The largest absolute Gasteiger partial charge is 0.507 e. The van der Waals surface area contributed by atoms with Gasteiger partial charge in [0.15, 0.2) is 11.3 Å². The Labute approximate surface area is 198 Å². The molecule has 0 aliphatic rings. The van der Waals surface area contributed by atoms with Gasteiger partial charge in [-0.25, -0.2) is 0 Å². The number of phenols is 3. The maximum Gasteiger partial charge on any atom is 0.207 e. The predicted octanol–water partition coefficient (Wildman–Crippen LogP) is 5.88. The number of hydrogen-bond donors (Lipinski definition) is 3. The molecule has 3 rings (SSSR count). The summed E-state index contributed by atoms with van der Waals surface area (Å²) < 4.78 is 16.5. The molecule has 0 aliphatic heterocycles. The van der Waals surface area contributed by atoms with Crippen LogP contribution in [-0.2, 0) is 12.8 Å². The number of fused-ring (bicyclic) bond motifs is 2. The van der Waals surface area contributed by atoms with Crippen LogP contribution in [0.15, 0.2) is 38.6 Å². The Bertz CT molecular complexity index is 1350. The van der Waals surface area contributed by atoms with Crippen LogP contribution in [0, 0.1) is 0 Å². The van der Waals surface area contributed by atoms with Crippen molar-refractivity contribution in [3.05, 3.63) is 50.7 Å². The highest BCUT2D eigenvalue weighted by atomic mass is 16.5. The molecular formula is C27H32O7. The average Bonchev–Trinajstić information content (AvgIpc) is 2.78. The van der Waals surface area contributed by atoms with Crippen LogP contribution >= 0.6 is 0 Å². The molecule has 2 aromatic carbocycles. The minimum Gasteiger partial charge on any atom is -0.507 e. The quantitative estimate of drug-likeness (QED) is 0.280. The number of ether oxygens (including phenoxy) is 2. The third-order valence-corrected chi connectivity index (χ3v) is 5.76. The lowest BCUT2D eigenvalue weighted by molar-refractivity contribution is 0.333. The Balaban J connectivity index is 2.42. The summed E-state index contributed by atoms with van der Waals surface area (Å²) in [4.78, 5) is 13.6. The number of hydrogen-bond acceptors (Lipinski definition) is 7. The van der Waals surface area contributed by atoms with Crippen LogP contribution < -0.4 is 14.9 Å². The van der Waals surface area contributed by atoms with Gasteiger partial charge in [0.2, 0.25) is 16.9 Å². The number of rotatable bonds is 8. The van der Waals surface area contributed by atoms with Crippen molar-refractivity contribution in [2.24, 2.45) is 0 Å². The van der Waals surface area contributed by atoms with E-state index in [1.165, 1.54) is 20.3 Å². The lowest BCUT2D eigenvalue weighted by atomic mass is 9.95. The molecule has 1 aromatic heterocycles. The van der Waals surface area contributed by atoms with Crippen molar-refractivity contribution in [3.8, 4) is 28.7 Å². The second kappa shape index (κ2) is 10.1. The van der Waals surface area contributed by atoms with Crippen molar-refractivity contribution in [1.82, 2.24) is 0 Å². The van der Waals surface area contributed by atoms with E-state index in [0.717, 1.165) is 11.1 Å². The number of benzene rings is 2. The SMILES string of the molecule is COc1cc2c(=O)c3c(O)c(CCC=C(C)C)c(O)c(CCC=C(C)C)c3oc2c(O)c1OC. The molecule has 0 amide bonds. The van der Waals surface area contributed by atoms with E-state index in [0.29, 0.717) is 36.8 Å². The van der Waals surface area contributed by atoms with Gasteiger partial charge in [0.25, 0.3) is 0 Å². The monoisotopic (exact) mass is 468 g/mol. The van der Waals surface area contributed by atoms with Gasteiger partial charge < -0.3 is 29.2 Å². The first kappa shape index (κ1) is 25.0. The third kappa shape index (κ3) is 4.55. The summed E-state index contributed by atoms with van der Waals surface area (Å²) in [6.07, 6.45) is 5.94. The van der Waals surface area contributed by atoms with Crippen molar-refractivity contribution in [3.63, 3.8) is 0 Å². The minimum absolute atomic E-state index is 0.0235. The molecule has 7 nitrogen and oxygen atoms in total. The second-order valence-corrected chi connectivity index (χ2v) is 8.77. The van der Waals surface area contributed by atoms with E-state index in [1.54, 1.807) is 0 Å². The van der Waals surface area contributed by atoms with Gasteiger partial charge in [-0.1, -0.05) is 23.3 Å². The first-order valence-corrected chi connectivity index (χ1v) is 11.2. The molecule has 7 heteroatoms. The van der Waals surface area contributed by atoms with E-state index in [9.17, 15) is 20.1 Å². The molecule has 0 saturated heterocycles. The summed E-state index contributed by atoms with van der Waals surface area (Å²) in [7, 11) is 2.76. The molecular weight excluding hydrogens is 436 g/mol. The Kier molecular flexibility index (Phi) is 7.44. The lowest BCUT2D eigenvalue weighted by Gasteiger charge is -2.16. The smallest absolute Gasteiger partial charge is 0.207 e. The molecule has 3 N–H and O–H groups in total.